The monoisotopic (exact) mass is 302 g/mol. The highest BCUT2D eigenvalue weighted by Crippen LogP contribution is 2.07. The van der Waals surface area contributed by atoms with Crippen molar-refractivity contribution in [3.8, 4) is 5.69 Å². The lowest BCUT2D eigenvalue weighted by atomic mass is 10.2. The van der Waals surface area contributed by atoms with Gasteiger partial charge in [-0.2, -0.15) is 5.10 Å². The molecule has 1 heterocycles. The number of benzene rings is 1. The van der Waals surface area contributed by atoms with Gasteiger partial charge in [0.2, 0.25) is 0 Å². The van der Waals surface area contributed by atoms with Crippen LogP contribution in [0.3, 0.4) is 0 Å². The number of nitrogens with zero attached hydrogens (tertiary/aromatic N) is 2. The topological polar surface area (TPSA) is 72.9 Å². The zero-order valence-electron chi connectivity index (χ0n) is 11.7. The lowest BCUT2D eigenvalue weighted by molar-refractivity contribution is 0.0953. The highest BCUT2D eigenvalue weighted by molar-refractivity contribution is 7.80. The van der Waals surface area contributed by atoms with Gasteiger partial charge < -0.3 is 11.1 Å². The van der Waals surface area contributed by atoms with Gasteiger partial charge in [0.1, 0.15) is 0 Å². The van der Waals surface area contributed by atoms with Crippen LogP contribution in [-0.4, -0.2) is 27.2 Å². The molecule has 0 aliphatic rings. The maximum Gasteiger partial charge on any atom is 0.254 e. The van der Waals surface area contributed by atoms with E-state index in [1.165, 1.54) is 0 Å². The molecular weight excluding hydrogens is 284 g/mol. The molecule has 0 aliphatic heterocycles. The average molecular weight is 302 g/mol. The third-order valence-corrected chi connectivity index (χ3v) is 3.21. The van der Waals surface area contributed by atoms with Crippen LogP contribution in [0.1, 0.15) is 29.6 Å². The molecule has 0 aliphatic carbocycles. The summed E-state index contributed by atoms with van der Waals surface area (Å²) < 4.78 is 1.68. The minimum atomic E-state index is -0.118. The van der Waals surface area contributed by atoms with E-state index in [-0.39, 0.29) is 5.91 Å². The number of unbranched alkanes of at least 4 members (excludes halogenated alkanes) is 1. The van der Waals surface area contributed by atoms with Gasteiger partial charge in [-0.15, -0.1) is 0 Å². The minimum absolute atomic E-state index is 0.118. The first-order chi connectivity index (χ1) is 10.2. The van der Waals surface area contributed by atoms with Crippen molar-refractivity contribution in [2.75, 3.05) is 6.54 Å². The van der Waals surface area contributed by atoms with Crippen LogP contribution in [0.4, 0.5) is 0 Å². The lowest BCUT2D eigenvalue weighted by Crippen LogP contribution is -2.24. The average Bonchev–Trinajstić information content (AvgIpc) is 2.97. The SMILES string of the molecule is NC(=S)CCCCNC(=O)c1cnn(-c2ccccc2)c1. The predicted molar refractivity (Wildman–Crippen MR) is 86.5 cm³/mol. The summed E-state index contributed by atoms with van der Waals surface area (Å²) in [6.07, 6.45) is 5.75. The molecule has 110 valence electrons. The molecule has 1 aromatic heterocycles. The molecule has 1 amide bonds. The van der Waals surface area contributed by atoms with Crippen molar-refractivity contribution in [2.45, 2.75) is 19.3 Å². The van der Waals surface area contributed by atoms with Crippen LogP contribution in [-0.2, 0) is 0 Å². The van der Waals surface area contributed by atoms with E-state index in [1.54, 1.807) is 17.1 Å². The molecule has 0 fully saturated rings. The fourth-order valence-electron chi connectivity index (χ4n) is 1.89. The van der Waals surface area contributed by atoms with Crippen LogP contribution >= 0.6 is 12.2 Å². The van der Waals surface area contributed by atoms with Gasteiger partial charge in [-0.05, 0) is 31.4 Å². The highest BCUT2D eigenvalue weighted by atomic mass is 32.1. The minimum Gasteiger partial charge on any atom is -0.393 e. The fraction of sp³-hybridized carbons (Fsp3) is 0.267. The zero-order valence-corrected chi connectivity index (χ0v) is 12.5. The van der Waals surface area contributed by atoms with E-state index >= 15 is 0 Å². The number of rotatable bonds is 7. The molecule has 5 nitrogen and oxygen atoms in total. The number of carbonyl (C=O) groups is 1. The second-order valence-corrected chi connectivity index (χ2v) is 5.21. The van der Waals surface area contributed by atoms with E-state index in [4.69, 9.17) is 18.0 Å². The predicted octanol–water partition coefficient (Wildman–Crippen LogP) is 2.06. The maximum absolute atomic E-state index is 12.0. The summed E-state index contributed by atoms with van der Waals surface area (Å²) in [5.74, 6) is -0.118. The largest absolute Gasteiger partial charge is 0.393 e. The van der Waals surface area contributed by atoms with Gasteiger partial charge in [-0.25, -0.2) is 4.68 Å². The Morgan fingerprint density at radius 3 is 2.76 bits per heavy atom. The Morgan fingerprint density at radius 1 is 1.29 bits per heavy atom. The van der Waals surface area contributed by atoms with E-state index in [0.717, 1.165) is 24.9 Å². The van der Waals surface area contributed by atoms with Crippen molar-refractivity contribution in [3.05, 3.63) is 48.3 Å². The molecule has 0 saturated heterocycles. The van der Waals surface area contributed by atoms with Crippen LogP contribution in [0.25, 0.3) is 5.69 Å². The molecule has 2 aromatic rings. The fourth-order valence-corrected chi connectivity index (χ4v) is 2.03. The summed E-state index contributed by atoms with van der Waals surface area (Å²) in [5.41, 5.74) is 6.89. The molecule has 0 bridgehead atoms. The van der Waals surface area contributed by atoms with Crippen LogP contribution in [0.15, 0.2) is 42.7 Å². The van der Waals surface area contributed by atoms with Gasteiger partial charge in [0.25, 0.3) is 5.91 Å². The van der Waals surface area contributed by atoms with E-state index in [0.29, 0.717) is 17.1 Å². The lowest BCUT2D eigenvalue weighted by Gasteiger charge is -2.03. The second-order valence-electron chi connectivity index (χ2n) is 4.69. The maximum atomic E-state index is 12.0. The van der Waals surface area contributed by atoms with Gasteiger partial charge in [0.05, 0.1) is 22.4 Å². The Kier molecular flexibility index (Phi) is 5.45. The normalized spacial score (nSPS) is 10.3. The van der Waals surface area contributed by atoms with Crippen molar-refractivity contribution < 1.29 is 4.79 Å². The second kappa shape index (κ2) is 7.54. The molecule has 0 unspecified atom stereocenters. The molecule has 0 radical (unpaired) electrons. The number of amides is 1. The Balaban J connectivity index is 1.84. The third-order valence-electron chi connectivity index (χ3n) is 3.00. The van der Waals surface area contributed by atoms with Crippen LogP contribution < -0.4 is 11.1 Å². The molecule has 0 saturated carbocycles. The van der Waals surface area contributed by atoms with Gasteiger partial charge >= 0.3 is 0 Å². The quantitative estimate of drug-likeness (QED) is 0.606. The summed E-state index contributed by atoms with van der Waals surface area (Å²) in [6.45, 7) is 0.609. The number of nitrogens with two attached hydrogens (primary N) is 1. The van der Waals surface area contributed by atoms with Gasteiger partial charge in [-0.1, -0.05) is 30.4 Å². The number of carbonyl (C=O) groups excluding carboxylic acids is 1. The zero-order chi connectivity index (χ0) is 15.1. The molecular formula is C15H18N4OS. The van der Waals surface area contributed by atoms with Gasteiger partial charge in [0, 0.05) is 12.7 Å². The van der Waals surface area contributed by atoms with Crippen molar-refractivity contribution in [1.29, 1.82) is 0 Å². The number of hydrogen-bond donors (Lipinski definition) is 2. The Hall–Kier alpha value is -2.21. The summed E-state index contributed by atoms with van der Waals surface area (Å²) >= 11 is 4.80. The van der Waals surface area contributed by atoms with Crippen molar-refractivity contribution >= 4 is 23.1 Å². The first kappa shape index (κ1) is 15.2. The molecule has 6 heteroatoms. The number of hydrogen-bond acceptors (Lipinski definition) is 3. The van der Waals surface area contributed by atoms with Crippen LogP contribution in [0.2, 0.25) is 0 Å². The molecule has 1 aromatic carbocycles. The number of aromatic nitrogens is 2. The highest BCUT2D eigenvalue weighted by Gasteiger charge is 2.08. The standard InChI is InChI=1S/C15H18N4OS/c16-14(21)8-4-5-9-17-15(20)12-10-18-19(11-12)13-6-2-1-3-7-13/h1-3,6-7,10-11H,4-5,8-9H2,(H2,16,21)(H,17,20). The van der Waals surface area contributed by atoms with Gasteiger partial charge in [-0.3, -0.25) is 4.79 Å². The number of thiocarbonyl (C=S) groups is 1. The van der Waals surface area contributed by atoms with Gasteiger partial charge in [0.15, 0.2) is 0 Å². The first-order valence-corrected chi connectivity index (χ1v) is 7.24. The summed E-state index contributed by atoms with van der Waals surface area (Å²) in [5, 5.41) is 7.06. The number of para-hydroxylation sites is 1. The van der Waals surface area contributed by atoms with E-state index in [1.807, 2.05) is 30.3 Å². The van der Waals surface area contributed by atoms with Crippen LogP contribution in [0, 0.1) is 0 Å². The third kappa shape index (κ3) is 4.68. The van der Waals surface area contributed by atoms with E-state index < -0.39 is 0 Å². The summed E-state index contributed by atoms with van der Waals surface area (Å²) in [4.78, 5) is 12.5. The smallest absolute Gasteiger partial charge is 0.254 e. The van der Waals surface area contributed by atoms with Crippen molar-refractivity contribution in [2.24, 2.45) is 5.73 Å². The number of nitrogens with one attached hydrogen (secondary N) is 1. The van der Waals surface area contributed by atoms with Crippen molar-refractivity contribution in [3.63, 3.8) is 0 Å². The van der Waals surface area contributed by atoms with E-state index in [9.17, 15) is 4.79 Å². The van der Waals surface area contributed by atoms with Crippen molar-refractivity contribution in [1.82, 2.24) is 15.1 Å². The summed E-state index contributed by atoms with van der Waals surface area (Å²) in [7, 11) is 0. The Bertz CT molecular complexity index is 609. The molecule has 3 N–H and O–H groups in total. The first-order valence-electron chi connectivity index (χ1n) is 6.83. The Morgan fingerprint density at radius 2 is 2.05 bits per heavy atom. The molecule has 0 atom stereocenters. The Labute approximate surface area is 129 Å². The van der Waals surface area contributed by atoms with E-state index in [2.05, 4.69) is 10.4 Å². The van der Waals surface area contributed by atoms with Crippen LogP contribution in [0.5, 0.6) is 0 Å². The summed E-state index contributed by atoms with van der Waals surface area (Å²) in [6, 6.07) is 9.67. The molecule has 21 heavy (non-hydrogen) atoms. The molecule has 0 spiro atoms. The molecule has 2 rings (SSSR count).